The van der Waals surface area contributed by atoms with Crippen LogP contribution in [0.2, 0.25) is 5.02 Å². The zero-order valence-corrected chi connectivity index (χ0v) is 18.0. The molecule has 2 heterocycles. The summed E-state index contributed by atoms with van der Waals surface area (Å²) in [5.74, 6) is 1.77. The number of carbonyl (C=O) groups is 1. The van der Waals surface area contributed by atoms with Gasteiger partial charge in [-0.3, -0.25) is 4.79 Å². The van der Waals surface area contributed by atoms with Crippen LogP contribution >= 0.6 is 11.6 Å². The molecule has 0 atom stereocenters. The first-order chi connectivity index (χ1) is 15.4. The molecule has 1 aromatic heterocycles. The van der Waals surface area contributed by atoms with Gasteiger partial charge in [-0.05, 0) is 67.4 Å². The predicted molar refractivity (Wildman–Crippen MR) is 120 cm³/mol. The van der Waals surface area contributed by atoms with Gasteiger partial charge in [0.25, 0.3) is 0 Å². The maximum Gasteiger partial charge on any atom is 0.343 e. The molecule has 160 valence electrons. The second-order valence-electron chi connectivity index (χ2n) is 7.40. The zero-order valence-electron chi connectivity index (χ0n) is 17.2. The summed E-state index contributed by atoms with van der Waals surface area (Å²) in [7, 11) is 0. The molecule has 0 bridgehead atoms. The van der Waals surface area contributed by atoms with Crippen LogP contribution in [-0.2, 0) is 0 Å². The summed E-state index contributed by atoms with van der Waals surface area (Å²) < 4.78 is 22.3. The highest BCUT2D eigenvalue weighted by Gasteiger charge is 2.20. The summed E-state index contributed by atoms with van der Waals surface area (Å²) in [5.41, 5.74) is 1.34. The first-order valence-corrected chi connectivity index (χ1v) is 10.2. The number of furan rings is 1. The Morgan fingerprint density at radius 2 is 1.69 bits per heavy atom. The lowest BCUT2D eigenvalue weighted by atomic mass is 10.1. The van der Waals surface area contributed by atoms with Crippen LogP contribution in [0.1, 0.15) is 21.9 Å². The van der Waals surface area contributed by atoms with Crippen molar-refractivity contribution in [2.45, 2.75) is 13.8 Å². The molecule has 3 aromatic carbocycles. The number of aryl methyl sites for hydroxylation is 2. The number of halogens is 1. The van der Waals surface area contributed by atoms with Crippen molar-refractivity contribution in [3.05, 3.63) is 86.9 Å². The van der Waals surface area contributed by atoms with E-state index in [0.717, 1.165) is 5.56 Å². The van der Waals surface area contributed by atoms with E-state index in [0.29, 0.717) is 49.9 Å². The average Bonchev–Trinajstić information content (AvgIpc) is 3.31. The molecule has 6 nitrogen and oxygen atoms in total. The fraction of sp³-hybridized carbons (Fsp3) is 0.120. The van der Waals surface area contributed by atoms with Crippen molar-refractivity contribution in [2.24, 2.45) is 0 Å². The standard InChI is InChI=1S/C25H17ClO6/c1-13-23-19(27)9-17(15-6-7-20-21(10-15)30-12-29-20)11-22(24(23)14(2)31-13)32-25(28)16-4-3-5-18(26)8-16/h3-11H,12H2,1-2H3. The van der Waals surface area contributed by atoms with Gasteiger partial charge in [0.2, 0.25) is 6.79 Å². The van der Waals surface area contributed by atoms with Crippen LogP contribution in [0.15, 0.2) is 63.8 Å². The van der Waals surface area contributed by atoms with Gasteiger partial charge in [-0.15, -0.1) is 0 Å². The number of benzene rings is 2. The number of esters is 1. The summed E-state index contributed by atoms with van der Waals surface area (Å²) in [5, 5.41) is 1.24. The largest absolute Gasteiger partial charge is 0.465 e. The number of hydrogen-bond donors (Lipinski definition) is 0. The summed E-state index contributed by atoms with van der Waals surface area (Å²) in [6.45, 7) is 3.58. The van der Waals surface area contributed by atoms with Crippen molar-refractivity contribution < 1.29 is 23.4 Å². The Kier molecular flexibility index (Phi) is 4.87. The summed E-state index contributed by atoms with van der Waals surface area (Å²) in [4.78, 5) is 26.0. The topological polar surface area (TPSA) is 75.0 Å². The van der Waals surface area contributed by atoms with Gasteiger partial charge in [0.1, 0.15) is 17.3 Å². The molecule has 0 radical (unpaired) electrons. The van der Waals surface area contributed by atoms with Gasteiger partial charge >= 0.3 is 5.97 Å². The third kappa shape index (κ3) is 3.48. The fourth-order valence-corrected chi connectivity index (χ4v) is 4.03. The molecule has 1 aliphatic rings. The van der Waals surface area contributed by atoms with Crippen LogP contribution < -0.4 is 19.6 Å². The van der Waals surface area contributed by atoms with Gasteiger partial charge < -0.3 is 18.6 Å². The Hall–Kier alpha value is -3.77. The maximum atomic E-state index is 13.1. The number of fused-ring (bicyclic) bond motifs is 2. The molecule has 1 aliphatic heterocycles. The quantitative estimate of drug-likeness (QED) is 0.375. The lowest BCUT2D eigenvalue weighted by Crippen LogP contribution is -2.08. The molecule has 5 rings (SSSR count). The molecule has 0 aliphatic carbocycles. The number of hydrogen-bond acceptors (Lipinski definition) is 6. The van der Waals surface area contributed by atoms with Crippen molar-refractivity contribution in [2.75, 3.05) is 6.79 Å². The smallest absolute Gasteiger partial charge is 0.343 e. The number of rotatable bonds is 3. The molecule has 7 heteroatoms. The van der Waals surface area contributed by atoms with Crippen LogP contribution in [0.25, 0.3) is 21.9 Å². The summed E-state index contributed by atoms with van der Waals surface area (Å²) >= 11 is 6.02. The van der Waals surface area contributed by atoms with Crippen LogP contribution in [0.4, 0.5) is 0 Å². The third-order valence-corrected chi connectivity index (χ3v) is 5.53. The van der Waals surface area contributed by atoms with E-state index in [1.165, 1.54) is 12.1 Å². The van der Waals surface area contributed by atoms with Crippen molar-refractivity contribution in [3.8, 4) is 28.4 Å². The van der Waals surface area contributed by atoms with E-state index in [4.69, 9.17) is 30.2 Å². The minimum atomic E-state index is -0.595. The summed E-state index contributed by atoms with van der Waals surface area (Å²) in [6.07, 6.45) is 0. The Bertz CT molecular complexity index is 1450. The minimum Gasteiger partial charge on any atom is -0.465 e. The first kappa shape index (κ1) is 20.2. The first-order valence-electron chi connectivity index (χ1n) is 9.86. The van der Waals surface area contributed by atoms with Gasteiger partial charge in [0, 0.05) is 5.02 Å². The van der Waals surface area contributed by atoms with E-state index in [2.05, 4.69) is 0 Å². The van der Waals surface area contributed by atoms with Gasteiger partial charge in [-0.25, -0.2) is 4.79 Å². The molecule has 0 fully saturated rings. The Labute approximate surface area is 187 Å². The molecule has 32 heavy (non-hydrogen) atoms. The minimum absolute atomic E-state index is 0.143. The van der Waals surface area contributed by atoms with Gasteiger partial charge in [-0.2, -0.15) is 0 Å². The average molecular weight is 449 g/mol. The van der Waals surface area contributed by atoms with E-state index < -0.39 is 5.97 Å². The Morgan fingerprint density at radius 1 is 0.906 bits per heavy atom. The molecule has 0 amide bonds. The second kappa shape index (κ2) is 7.73. The second-order valence-corrected chi connectivity index (χ2v) is 7.84. The fourth-order valence-electron chi connectivity index (χ4n) is 3.84. The van der Waals surface area contributed by atoms with Crippen molar-refractivity contribution in [1.82, 2.24) is 0 Å². The van der Waals surface area contributed by atoms with E-state index in [1.807, 2.05) is 6.07 Å². The SMILES string of the molecule is Cc1oc(C)c2c(=O)cc(-c3ccc4c(c3)OCO4)cc(OC(=O)c3cccc(Cl)c3)c12. The zero-order chi connectivity index (χ0) is 22.4. The van der Waals surface area contributed by atoms with Crippen LogP contribution in [0.3, 0.4) is 0 Å². The van der Waals surface area contributed by atoms with E-state index >= 15 is 0 Å². The third-order valence-electron chi connectivity index (χ3n) is 5.30. The number of carbonyl (C=O) groups excluding carboxylic acids is 1. The Balaban J connectivity index is 1.70. The molecule has 0 saturated heterocycles. The molecule has 0 N–H and O–H groups in total. The Morgan fingerprint density at radius 3 is 2.50 bits per heavy atom. The van der Waals surface area contributed by atoms with E-state index in [9.17, 15) is 9.59 Å². The highest BCUT2D eigenvalue weighted by atomic mass is 35.5. The van der Waals surface area contributed by atoms with Crippen molar-refractivity contribution >= 4 is 28.3 Å². The van der Waals surface area contributed by atoms with E-state index in [-0.39, 0.29) is 18.0 Å². The van der Waals surface area contributed by atoms with Crippen molar-refractivity contribution in [3.63, 3.8) is 0 Å². The van der Waals surface area contributed by atoms with Gasteiger partial charge in [0.05, 0.1) is 16.3 Å². The molecular formula is C25H17ClO6. The normalized spacial score (nSPS) is 12.2. The molecule has 4 aromatic rings. The van der Waals surface area contributed by atoms with Gasteiger partial charge in [0.15, 0.2) is 16.9 Å². The number of ether oxygens (including phenoxy) is 3. The van der Waals surface area contributed by atoms with Crippen LogP contribution in [0, 0.1) is 13.8 Å². The van der Waals surface area contributed by atoms with Crippen LogP contribution in [0.5, 0.6) is 17.2 Å². The highest BCUT2D eigenvalue weighted by molar-refractivity contribution is 6.30. The lowest BCUT2D eigenvalue weighted by Gasteiger charge is -2.06. The summed E-state index contributed by atoms with van der Waals surface area (Å²) in [6, 6.07) is 15.0. The highest BCUT2D eigenvalue weighted by Crippen LogP contribution is 2.38. The maximum absolute atomic E-state index is 13.1. The molecule has 0 spiro atoms. The predicted octanol–water partition coefficient (Wildman–Crippen LogP) is 5.68. The monoisotopic (exact) mass is 448 g/mol. The van der Waals surface area contributed by atoms with Gasteiger partial charge in [-0.1, -0.05) is 23.7 Å². The molecule has 0 saturated carbocycles. The van der Waals surface area contributed by atoms with Crippen molar-refractivity contribution in [1.29, 1.82) is 0 Å². The molecule has 0 unspecified atom stereocenters. The van der Waals surface area contributed by atoms with E-state index in [1.54, 1.807) is 50.2 Å². The van der Waals surface area contributed by atoms with Crippen LogP contribution in [-0.4, -0.2) is 12.8 Å². The lowest BCUT2D eigenvalue weighted by molar-refractivity contribution is 0.0737. The molecular weight excluding hydrogens is 432 g/mol.